The highest BCUT2D eigenvalue weighted by molar-refractivity contribution is 9.10. The number of alkyl halides is 1. The molecule has 0 bridgehead atoms. The summed E-state index contributed by atoms with van der Waals surface area (Å²) >= 11 is 9.89. The van der Waals surface area contributed by atoms with E-state index in [0.29, 0.717) is 0 Å². The first-order valence-electron chi connectivity index (χ1n) is 6.86. The van der Waals surface area contributed by atoms with Crippen molar-refractivity contribution in [1.29, 1.82) is 0 Å². The van der Waals surface area contributed by atoms with Gasteiger partial charge in [0.05, 0.1) is 16.4 Å². The fourth-order valence-corrected chi connectivity index (χ4v) is 3.18. The Labute approximate surface area is 137 Å². The van der Waals surface area contributed by atoms with Gasteiger partial charge in [0.2, 0.25) is 0 Å². The number of benzene rings is 2. The van der Waals surface area contributed by atoms with E-state index in [1.54, 1.807) is 0 Å². The Balaban J connectivity index is 2.38. The Morgan fingerprint density at radius 3 is 2.38 bits per heavy atom. The van der Waals surface area contributed by atoms with Crippen molar-refractivity contribution in [2.45, 2.75) is 26.1 Å². The molecule has 0 fully saturated rings. The summed E-state index contributed by atoms with van der Waals surface area (Å²) in [5.41, 5.74) is 5.59. The maximum atomic E-state index is 6.35. The Kier molecular flexibility index (Phi) is 3.80. The standard InChI is InChI=1S/C17H16BrClN2/c1-10-6-11(2)8-14(7-10)21-16-9-13(18)4-5-15(16)20-17(21)12(3)19/h4-9,12H,1-3H3. The van der Waals surface area contributed by atoms with Crippen LogP contribution in [-0.2, 0) is 0 Å². The van der Waals surface area contributed by atoms with Crippen LogP contribution in [0, 0.1) is 13.8 Å². The largest absolute Gasteiger partial charge is 0.295 e. The van der Waals surface area contributed by atoms with Crippen LogP contribution in [0.15, 0.2) is 40.9 Å². The van der Waals surface area contributed by atoms with Gasteiger partial charge in [0.1, 0.15) is 5.82 Å². The van der Waals surface area contributed by atoms with Gasteiger partial charge in [0.25, 0.3) is 0 Å². The maximum absolute atomic E-state index is 6.35. The van der Waals surface area contributed by atoms with Crippen LogP contribution in [0.5, 0.6) is 0 Å². The highest BCUT2D eigenvalue weighted by Gasteiger charge is 2.16. The van der Waals surface area contributed by atoms with Gasteiger partial charge in [0.15, 0.2) is 0 Å². The normalized spacial score (nSPS) is 12.8. The van der Waals surface area contributed by atoms with Crippen LogP contribution in [0.4, 0.5) is 0 Å². The lowest BCUT2D eigenvalue weighted by molar-refractivity contribution is 0.881. The summed E-state index contributed by atoms with van der Waals surface area (Å²) in [6.07, 6.45) is 0. The lowest BCUT2D eigenvalue weighted by atomic mass is 10.1. The molecule has 2 aromatic carbocycles. The Morgan fingerprint density at radius 1 is 1.10 bits per heavy atom. The number of hydrogen-bond acceptors (Lipinski definition) is 1. The van der Waals surface area contributed by atoms with Gasteiger partial charge in [-0.2, -0.15) is 0 Å². The summed E-state index contributed by atoms with van der Waals surface area (Å²) in [6.45, 7) is 6.17. The number of aryl methyl sites for hydroxylation is 2. The topological polar surface area (TPSA) is 17.8 Å². The van der Waals surface area contributed by atoms with Gasteiger partial charge in [-0.3, -0.25) is 4.57 Å². The predicted molar refractivity (Wildman–Crippen MR) is 92.5 cm³/mol. The number of fused-ring (bicyclic) bond motifs is 1. The Morgan fingerprint density at radius 2 is 1.76 bits per heavy atom. The quantitative estimate of drug-likeness (QED) is 0.534. The van der Waals surface area contributed by atoms with E-state index < -0.39 is 0 Å². The van der Waals surface area contributed by atoms with Gasteiger partial charge in [0, 0.05) is 10.2 Å². The molecular formula is C17H16BrClN2. The van der Waals surface area contributed by atoms with Crippen molar-refractivity contribution in [3.63, 3.8) is 0 Å². The first-order chi connectivity index (χ1) is 9.95. The van der Waals surface area contributed by atoms with Crippen LogP contribution in [0.25, 0.3) is 16.7 Å². The molecule has 3 rings (SSSR count). The first kappa shape index (κ1) is 14.6. The van der Waals surface area contributed by atoms with Crippen LogP contribution in [0.2, 0.25) is 0 Å². The molecule has 108 valence electrons. The third-order valence-electron chi connectivity index (χ3n) is 3.46. The van der Waals surface area contributed by atoms with Crippen molar-refractivity contribution < 1.29 is 0 Å². The van der Waals surface area contributed by atoms with Crippen molar-refractivity contribution in [1.82, 2.24) is 9.55 Å². The van der Waals surface area contributed by atoms with E-state index in [0.717, 1.165) is 27.0 Å². The monoisotopic (exact) mass is 362 g/mol. The lowest BCUT2D eigenvalue weighted by Gasteiger charge is -2.12. The number of halogens is 2. The van der Waals surface area contributed by atoms with Gasteiger partial charge in [-0.15, -0.1) is 11.6 Å². The molecule has 0 N–H and O–H groups in total. The average Bonchev–Trinajstić information content (AvgIpc) is 2.76. The van der Waals surface area contributed by atoms with Crippen molar-refractivity contribution in [2.24, 2.45) is 0 Å². The Hall–Kier alpha value is -1.32. The Bertz CT molecular complexity index is 801. The number of rotatable bonds is 2. The molecule has 0 aliphatic carbocycles. The third-order valence-corrected chi connectivity index (χ3v) is 4.15. The van der Waals surface area contributed by atoms with Crippen molar-refractivity contribution in [2.75, 3.05) is 0 Å². The van der Waals surface area contributed by atoms with E-state index >= 15 is 0 Å². The maximum Gasteiger partial charge on any atom is 0.132 e. The van der Waals surface area contributed by atoms with Gasteiger partial charge >= 0.3 is 0 Å². The molecule has 0 saturated carbocycles. The first-order valence-corrected chi connectivity index (χ1v) is 8.09. The highest BCUT2D eigenvalue weighted by atomic mass is 79.9. The number of imidazole rings is 1. The predicted octanol–water partition coefficient (Wildman–Crippen LogP) is 5.70. The average molecular weight is 364 g/mol. The molecule has 0 aliphatic rings. The van der Waals surface area contributed by atoms with Crippen LogP contribution in [-0.4, -0.2) is 9.55 Å². The van der Waals surface area contributed by atoms with E-state index in [9.17, 15) is 0 Å². The van der Waals surface area contributed by atoms with Gasteiger partial charge in [-0.05, 0) is 62.2 Å². The van der Waals surface area contributed by atoms with E-state index in [2.05, 4.69) is 58.6 Å². The SMILES string of the molecule is Cc1cc(C)cc(-n2c(C(C)Cl)nc3ccc(Br)cc32)c1. The molecule has 1 unspecified atom stereocenters. The molecule has 0 amide bonds. The molecular weight excluding hydrogens is 348 g/mol. The second-order valence-corrected chi connectivity index (χ2v) is 6.97. The minimum Gasteiger partial charge on any atom is -0.295 e. The summed E-state index contributed by atoms with van der Waals surface area (Å²) in [6, 6.07) is 12.6. The molecule has 2 nitrogen and oxygen atoms in total. The molecule has 0 radical (unpaired) electrons. The lowest BCUT2D eigenvalue weighted by Crippen LogP contribution is -2.02. The molecule has 1 heterocycles. The zero-order valence-corrected chi connectivity index (χ0v) is 14.5. The summed E-state index contributed by atoms with van der Waals surface area (Å²) < 4.78 is 3.19. The minimum absolute atomic E-state index is 0.156. The van der Waals surface area contributed by atoms with Crippen molar-refractivity contribution in [3.8, 4) is 5.69 Å². The summed E-state index contributed by atoms with van der Waals surface area (Å²) in [4.78, 5) is 4.70. The fraction of sp³-hybridized carbons (Fsp3) is 0.235. The van der Waals surface area contributed by atoms with E-state index in [4.69, 9.17) is 16.6 Å². The van der Waals surface area contributed by atoms with Gasteiger partial charge in [-0.25, -0.2) is 4.98 Å². The number of hydrogen-bond donors (Lipinski definition) is 0. The minimum atomic E-state index is -0.156. The second-order valence-electron chi connectivity index (χ2n) is 5.40. The van der Waals surface area contributed by atoms with E-state index in [-0.39, 0.29) is 5.38 Å². The van der Waals surface area contributed by atoms with E-state index in [1.165, 1.54) is 11.1 Å². The summed E-state index contributed by atoms with van der Waals surface area (Å²) in [7, 11) is 0. The van der Waals surface area contributed by atoms with Crippen LogP contribution in [0.3, 0.4) is 0 Å². The van der Waals surface area contributed by atoms with E-state index in [1.807, 2.05) is 19.1 Å². The fourth-order valence-electron chi connectivity index (χ4n) is 2.68. The van der Waals surface area contributed by atoms with Gasteiger partial charge in [-0.1, -0.05) is 22.0 Å². The molecule has 0 aliphatic heterocycles. The van der Waals surface area contributed by atoms with Crippen molar-refractivity contribution >= 4 is 38.6 Å². The molecule has 0 spiro atoms. The molecule has 1 atom stereocenters. The zero-order valence-electron chi connectivity index (χ0n) is 12.2. The highest BCUT2D eigenvalue weighted by Crippen LogP contribution is 2.30. The third kappa shape index (κ3) is 2.72. The zero-order chi connectivity index (χ0) is 15.1. The molecule has 4 heteroatoms. The summed E-state index contributed by atoms with van der Waals surface area (Å²) in [5.74, 6) is 0.870. The molecule has 21 heavy (non-hydrogen) atoms. The number of nitrogens with zero attached hydrogens (tertiary/aromatic N) is 2. The van der Waals surface area contributed by atoms with Crippen LogP contribution >= 0.6 is 27.5 Å². The molecule has 3 aromatic rings. The second kappa shape index (κ2) is 5.47. The molecule has 0 saturated heterocycles. The smallest absolute Gasteiger partial charge is 0.132 e. The van der Waals surface area contributed by atoms with Crippen LogP contribution in [0.1, 0.15) is 29.3 Å². The van der Waals surface area contributed by atoms with Gasteiger partial charge < -0.3 is 0 Å². The molecule has 1 aromatic heterocycles. The van der Waals surface area contributed by atoms with Crippen LogP contribution < -0.4 is 0 Å². The summed E-state index contributed by atoms with van der Waals surface area (Å²) in [5, 5.41) is -0.156. The number of aromatic nitrogens is 2. The van der Waals surface area contributed by atoms with Crippen molar-refractivity contribution in [3.05, 3.63) is 57.8 Å².